The van der Waals surface area contributed by atoms with Crippen molar-refractivity contribution in [2.75, 3.05) is 27.7 Å². The van der Waals surface area contributed by atoms with E-state index in [4.69, 9.17) is 9.15 Å². The second kappa shape index (κ2) is 9.59. The largest absolute Gasteiger partial charge is 0.496 e. The molecule has 0 saturated heterocycles. The molecule has 5 nitrogen and oxygen atoms in total. The van der Waals surface area contributed by atoms with Crippen molar-refractivity contribution >= 4 is 17.7 Å². The Kier molecular flexibility index (Phi) is 7.47. The smallest absolute Gasteiger partial charge is 0.287 e. The lowest BCUT2D eigenvalue weighted by atomic mass is 10.0. The van der Waals surface area contributed by atoms with Gasteiger partial charge in [-0.25, -0.2) is 0 Å². The highest BCUT2D eigenvalue weighted by molar-refractivity contribution is 7.98. The van der Waals surface area contributed by atoms with Gasteiger partial charge in [-0.2, -0.15) is 8.78 Å². The molecule has 1 atom stereocenters. The van der Waals surface area contributed by atoms with Crippen LogP contribution in [0.25, 0.3) is 0 Å². The molecule has 0 fully saturated rings. The van der Waals surface area contributed by atoms with Crippen LogP contribution in [0.15, 0.2) is 40.8 Å². The van der Waals surface area contributed by atoms with E-state index in [-0.39, 0.29) is 23.5 Å². The monoisotopic (exact) mass is 384 g/mol. The summed E-state index contributed by atoms with van der Waals surface area (Å²) in [5, 5.41) is 2.82. The molecule has 0 spiro atoms. The van der Waals surface area contributed by atoms with Gasteiger partial charge in [0.1, 0.15) is 11.5 Å². The van der Waals surface area contributed by atoms with Gasteiger partial charge in [0, 0.05) is 12.1 Å². The molecule has 1 amide bonds. The molecule has 1 aromatic carbocycles. The molecule has 1 N–H and O–H groups in total. The number of methoxy groups -OCH3 is 1. The molecule has 0 aliphatic heterocycles. The Morgan fingerprint density at radius 3 is 2.65 bits per heavy atom. The molecule has 1 aromatic heterocycles. The molecule has 0 aliphatic rings. The molecule has 26 heavy (non-hydrogen) atoms. The predicted octanol–water partition coefficient (Wildman–Crippen LogP) is 3.78. The average Bonchev–Trinajstić information content (AvgIpc) is 3.09. The SMILES string of the molecule is COc1ccccc1[C@H](CNC(=O)c1ccc(CSC(F)F)o1)N(C)C. The van der Waals surface area contributed by atoms with Crippen LogP contribution in [0.1, 0.15) is 27.9 Å². The third kappa shape index (κ3) is 5.47. The van der Waals surface area contributed by atoms with E-state index < -0.39 is 5.76 Å². The minimum Gasteiger partial charge on any atom is -0.496 e. The van der Waals surface area contributed by atoms with E-state index in [9.17, 15) is 13.6 Å². The lowest BCUT2D eigenvalue weighted by Gasteiger charge is -2.26. The number of amides is 1. The van der Waals surface area contributed by atoms with Gasteiger partial charge in [0.2, 0.25) is 0 Å². The van der Waals surface area contributed by atoms with E-state index in [0.717, 1.165) is 11.3 Å². The zero-order valence-corrected chi connectivity index (χ0v) is 15.7. The number of ether oxygens (including phenoxy) is 1. The number of furan rings is 1. The van der Waals surface area contributed by atoms with E-state index in [1.807, 2.05) is 43.3 Å². The van der Waals surface area contributed by atoms with E-state index in [0.29, 0.717) is 24.1 Å². The first-order valence-corrected chi connectivity index (χ1v) is 9.03. The van der Waals surface area contributed by atoms with Crippen LogP contribution in [0.4, 0.5) is 8.78 Å². The molecule has 0 radical (unpaired) electrons. The zero-order valence-electron chi connectivity index (χ0n) is 14.9. The highest BCUT2D eigenvalue weighted by Crippen LogP contribution is 2.27. The lowest BCUT2D eigenvalue weighted by Crippen LogP contribution is -2.34. The predicted molar refractivity (Wildman–Crippen MR) is 97.8 cm³/mol. The highest BCUT2D eigenvalue weighted by atomic mass is 32.2. The van der Waals surface area contributed by atoms with E-state index >= 15 is 0 Å². The Balaban J connectivity index is 2.01. The third-order valence-corrected chi connectivity index (χ3v) is 4.52. The minimum absolute atomic E-state index is 0.0203. The van der Waals surface area contributed by atoms with Gasteiger partial charge in [0.25, 0.3) is 11.7 Å². The maximum atomic E-state index is 12.3. The van der Waals surface area contributed by atoms with Crippen molar-refractivity contribution in [1.29, 1.82) is 0 Å². The minimum atomic E-state index is -2.47. The van der Waals surface area contributed by atoms with Crippen LogP contribution < -0.4 is 10.1 Å². The van der Waals surface area contributed by atoms with Crippen molar-refractivity contribution in [3.8, 4) is 5.75 Å². The first-order chi connectivity index (χ1) is 12.4. The quantitative estimate of drug-likeness (QED) is 0.713. The Labute approximate surface area is 155 Å². The van der Waals surface area contributed by atoms with Crippen LogP contribution in [-0.4, -0.2) is 44.3 Å². The van der Waals surface area contributed by atoms with Crippen molar-refractivity contribution < 1.29 is 22.7 Å². The number of thioether (sulfide) groups is 1. The standard InChI is InChI=1S/C18H22F2N2O3S/c1-22(2)14(13-6-4-5-7-15(13)24-3)10-21-17(23)16-9-8-12(25-16)11-26-18(19)20/h4-9,14,18H,10-11H2,1-3H3,(H,21,23)/t14-/m0/s1. The van der Waals surface area contributed by atoms with Gasteiger partial charge in [-0.15, -0.1) is 0 Å². The topological polar surface area (TPSA) is 54.7 Å². The molecule has 2 rings (SSSR count). The molecule has 1 heterocycles. The molecular formula is C18H22F2N2O3S. The van der Waals surface area contributed by atoms with Gasteiger partial charge in [-0.05, 0) is 32.3 Å². The summed E-state index contributed by atoms with van der Waals surface area (Å²) in [5.41, 5.74) is 0.953. The fourth-order valence-electron chi connectivity index (χ4n) is 2.51. The Bertz CT molecular complexity index is 722. The van der Waals surface area contributed by atoms with Gasteiger partial charge in [0.05, 0.1) is 18.9 Å². The maximum Gasteiger partial charge on any atom is 0.287 e. The van der Waals surface area contributed by atoms with Crippen LogP contribution in [-0.2, 0) is 5.75 Å². The van der Waals surface area contributed by atoms with Gasteiger partial charge < -0.3 is 19.4 Å². The van der Waals surface area contributed by atoms with Crippen molar-refractivity contribution in [2.24, 2.45) is 0 Å². The number of alkyl halides is 2. The summed E-state index contributed by atoms with van der Waals surface area (Å²) in [6, 6.07) is 10.5. The number of nitrogens with one attached hydrogen (secondary N) is 1. The fourth-order valence-corrected chi connectivity index (χ4v) is 2.96. The van der Waals surface area contributed by atoms with Crippen molar-refractivity contribution in [2.45, 2.75) is 17.6 Å². The molecule has 0 bridgehead atoms. The molecule has 2 aromatic rings. The van der Waals surface area contributed by atoms with Crippen molar-refractivity contribution in [3.05, 3.63) is 53.5 Å². The van der Waals surface area contributed by atoms with E-state index in [2.05, 4.69) is 5.32 Å². The summed E-state index contributed by atoms with van der Waals surface area (Å²) >= 11 is 0.454. The van der Waals surface area contributed by atoms with E-state index in [1.165, 1.54) is 12.1 Å². The molecule has 0 saturated carbocycles. The Hall–Kier alpha value is -2.06. The number of nitrogens with zero attached hydrogens (tertiary/aromatic N) is 1. The van der Waals surface area contributed by atoms with Crippen molar-refractivity contribution in [3.63, 3.8) is 0 Å². The number of benzene rings is 1. The lowest BCUT2D eigenvalue weighted by molar-refractivity contribution is 0.0912. The highest BCUT2D eigenvalue weighted by Gasteiger charge is 2.20. The van der Waals surface area contributed by atoms with Crippen LogP contribution >= 0.6 is 11.8 Å². The average molecular weight is 384 g/mol. The van der Waals surface area contributed by atoms with Gasteiger partial charge in [-0.3, -0.25) is 4.79 Å². The number of carbonyl (C=O) groups excluding carboxylic acids is 1. The number of hydrogen-bond donors (Lipinski definition) is 1. The second-order valence-corrected chi connectivity index (χ2v) is 6.75. The first kappa shape index (κ1) is 20.3. The second-order valence-electron chi connectivity index (χ2n) is 5.77. The van der Waals surface area contributed by atoms with E-state index in [1.54, 1.807) is 7.11 Å². The van der Waals surface area contributed by atoms with Gasteiger partial charge >= 0.3 is 0 Å². The van der Waals surface area contributed by atoms with Crippen molar-refractivity contribution in [1.82, 2.24) is 10.2 Å². The number of likely N-dealkylation sites (N-methyl/N-ethyl adjacent to an activating group) is 1. The third-order valence-electron chi connectivity index (χ3n) is 3.81. The van der Waals surface area contributed by atoms with Crippen LogP contribution in [0.5, 0.6) is 5.75 Å². The van der Waals surface area contributed by atoms with Gasteiger partial charge in [-0.1, -0.05) is 30.0 Å². The number of rotatable bonds is 9. The summed E-state index contributed by atoms with van der Waals surface area (Å²) in [5.74, 6) is -1.66. The molecular weight excluding hydrogens is 362 g/mol. The summed E-state index contributed by atoms with van der Waals surface area (Å²) in [4.78, 5) is 14.3. The molecule has 8 heteroatoms. The molecule has 0 unspecified atom stereocenters. The van der Waals surface area contributed by atoms with Crippen LogP contribution in [0.3, 0.4) is 0 Å². The number of hydrogen-bond acceptors (Lipinski definition) is 5. The number of carbonyl (C=O) groups is 1. The number of halogens is 2. The molecule has 0 aliphatic carbocycles. The summed E-state index contributed by atoms with van der Waals surface area (Å²) in [7, 11) is 5.43. The number of para-hydroxylation sites is 1. The van der Waals surface area contributed by atoms with Gasteiger partial charge in [0.15, 0.2) is 5.76 Å². The first-order valence-electron chi connectivity index (χ1n) is 7.98. The zero-order chi connectivity index (χ0) is 19.1. The summed E-state index contributed by atoms with van der Waals surface area (Å²) < 4.78 is 35.2. The maximum absolute atomic E-state index is 12.3. The van der Waals surface area contributed by atoms with Crippen LogP contribution in [0, 0.1) is 0 Å². The molecule has 142 valence electrons. The summed E-state index contributed by atoms with van der Waals surface area (Å²) in [6.07, 6.45) is 0. The fraction of sp³-hybridized carbons (Fsp3) is 0.389. The normalized spacial score (nSPS) is 12.4. The summed E-state index contributed by atoms with van der Waals surface area (Å²) in [6.45, 7) is 0.341. The Morgan fingerprint density at radius 1 is 1.27 bits per heavy atom. The van der Waals surface area contributed by atoms with Crippen LogP contribution in [0.2, 0.25) is 0 Å². The Morgan fingerprint density at radius 2 is 2.00 bits per heavy atom.